The molecular weight excluding hydrogens is 703 g/mol. The third kappa shape index (κ3) is 24.6. The highest BCUT2D eigenvalue weighted by Gasteiger charge is 2.51. The van der Waals surface area contributed by atoms with Gasteiger partial charge in [0.1, 0.15) is 42.7 Å². The highest BCUT2D eigenvalue weighted by atomic mass is 31.2. The van der Waals surface area contributed by atoms with Crippen LogP contribution in [0.3, 0.4) is 0 Å². The molecule has 0 heterocycles. The highest BCUT2D eigenvalue weighted by Crippen LogP contribution is 2.47. The van der Waals surface area contributed by atoms with Crippen molar-refractivity contribution in [3.63, 3.8) is 0 Å². The molecule has 0 saturated heterocycles. The van der Waals surface area contributed by atoms with Crippen LogP contribution in [0, 0.1) is 0 Å². The van der Waals surface area contributed by atoms with Crippen LogP contribution in [0.4, 0.5) is 0 Å². The van der Waals surface area contributed by atoms with E-state index in [1.165, 1.54) is 32.1 Å². The molecular formula is C40H73O12P. The number of phosphoric ester groups is 1. The van der Waals surface area contributed by atoms with E-state index in [1.807, 2.05) is 0 Å². The van der Waals surface area contributed by atoms with Gasteiger partial charge in [-0.15, -0.1) is 0 Å². The first-order valence-electron chi connectivity index (χ1n) is 20.3. The van der Waals surface area contributed by atoms with Gasteiger partial charge in [-0.05, 0) is 64.2 Å². The lowest BCUT2D eigenvalue weighted by molar-refractivity contribution is -0.220. The molecule has 0 aromatic heterocycles. The molecule has 0 aliphatic heterocycles. The van der Waals surface area contributed by atoms with Gasteiger partial charge in [0, 0.05) is 13.0 Å². The van der Waals surface area contributed by atoms with Crippen LogP contribution in [-0.4, -0.2) is 98.9 Å². The molecule has 0 bridgehead atoms. The van der Waals surface area contributed by atoms with Crippen molar-refractivity contribution >= 4 is 13.8 Å². The molecule has 1 fully saturated rings. The highest BCUT2D eigenvalue weighted by molar-refractivity contribution is 7.47. The molecule has 6 atom stereocenters. The second kappa shape index (κ2) is 31.7. The number of hydrogen-bond acceptors (Lipinski definition) is 11. The maximum absolute atomic E-state index is 12.8. The largest absolute Gasteiger partial charge is 0.472 e. The van der Waals surface area contributed by atoms with Crippen LogP contribution >= 0.6 is 7.82 Å². The van der Waals surface area contributed by atoms with Crippen molar-refractivity contribution in [1.29, 1.82) is 0 Å². The van der Waals surface area contributed by atoms with E-state index >= 15 is 0 Å². The van der Waals surface area contributed by atoms with E-state index in [0.29, 0.717) is 13.0 Å². The van der Waals surface area contributed by atoms with Crippen molar-refractivity contribution < 1.29 is 58.3 Å². The molecule has 53 heavy (non-hydrogen) atoms. The number of rotatable bonds is 33. The summed E-state index contributed by atoms with van der Waals surface area (Å²) in [6.45, 7) is 4.11. The van der Waals surface area contributed by atoms with E-state index in [0.717, 1.165) is 89.9 Å². The van der Waals surface area contributed by atoms with Gasteiger partial charge in [0.15, 0.2) is 0 Å². The van der Waals surface area contributed by atoms with Crippen LogP contribution in [0.25, 0.3) is 0 Å². The zero-order valence-electron chi connectivity index (χ0n) is 32.6. The van der Waals surface area contributed by atoms with Crippen LogP contribution in [0.15, 0.2) is 36.5 Å². The lowest BCUT2D eigenvalue weighted by atomic mass is 9.85. The summed E-state index contributed by atoms with van der Waals surface area (Å²) in [5.74, 6) is -0.493. The molecule has 1 saturated carbocycles. The van der Waals surface area contributed by atoms with E-state index in [-0.39, 0.29) is 13.0 Å². The molecule has 1 aliphatic rings. The summed E-state index contributed by atoms with van der Waals surface area (Å²) in [6, 6.07) is 0. The van der Waals surface area contributed by atoms with Crippen LogP contribution in [-0.2, 0) is 27.9 Å². The van der Waals surface area contributed by atoms with Gasteiger partial charge in [-0.1, -0.05) is 115 Å². The Bertz CT molecular complexity index is 1020. The van der Waals surface area contributed by atoms with Crippen molar-refractivity contribution in [2.24, 2.45) is 0 Å². The minimum Gasteiger partial charge on any atom is -0.457 e. The Morgan fingerprint density at radius 3 is 1.68 bits per heavy atom. The van der Waals surface area contributed by atoms with Crippen molar-refractivity contribution in [3.8, 4) is 0 Å². The summed E-state index contributed by atoms with van der Waals surface area (Å²) >= 11 is 0. The summed E-state index contributed by atoms with van der Waals surface area (Å²) in [6.07, 6.45) is 22.2. The van der Waals surface area contributed by atoms with Gasteiger partial charge in [-0.25, -0.2) is 4.57 Å². The van der Waals surface area contributed by atoms with Crippen molar-refractivity contribution in [1.82, 2.24) is 0 Å². The summed E-state index contributed by atoms with van der Waals surface area (Å²) in [4.78, 5) is 23.0. The molecule has 0 aromatic carbocycles. The second-order valence-electron chi connectivity index (χ2n) is 14.1. The van der Waals surface area contributed by atoms with Crippen LogP contribution in [0.5, 0.6) is 0 Å². The van der Waals surface area contributed by atoms with Crippen LogP contribution in [0.2, 0.25) is 0 Å². The Morgan fingerprint density at radius 2 is 1.09 bits per heavy atom. The first-order chi connectivity index (χ1) is 25.5. The summed E-state index contributed by atoms with van der Waals surface area (Å²) < 4.78 is 34.0. The van der Waals surface area contributed by atoms with Crippen molar-refractivity contribution in [2.45, 2.75) is 191 Å². The predicted octanol–water partition coefficient (Wildman–Crippen LogP) is 7.14. The van der Waals surface area contributed by atoms with Gasteiger partial charge >= 0.3 is 13.8 Å². The lowest BCUT2D eigenvalue weighted by Crippen LogP contribution is -2.64. The zero-order valence-corrected chi connectivity index (χ0v) is 33.5. The summed E-state index contributed by atoms with van der Waals surface area (Å²) in [5.41, 5.74) is 0. The standard InChI is InChI=1S/C40H73O12P/c1-3-5-7-9-11-13-15-17-18-20-22-24-26-28-30-49-31-33(51-34(41)29-27-25-23-21-19-16-14-12-10-8-6-4-2)32-50-53(47,48)52-40-38(45)36(43)35(42)37(44)39(40)46/h7,9,12-15,33,35-40,42-46H,3-6,8,10-11,16-32H2,1-2H3,(H,47,48)/b9-7-,14-12-,15-13-. The van der Waals surface area contributed by atoms with Crippen LogP contribution in [0.1, 0.15) is 149 Å². The third-order valence-corrected chi connectivity index (χ3v) is 10.2. The average molecular weight is 777 g/mol. The van der Waals surface area contributed by atoms with E-state index in [2.05, 4.69) is 50.3 Å². The molecule has 0 amide bonds. The number of carbonyl (C=O) groups is 1. The van der Waals surface area contributed by atoms with E-state index in [1.54, 1.807) is 0 Å². The minimum absolute atomic E-state index is 0.0873. The maximum atomic E-state index is 12.8. The number of allylic oxidation sites excluding steroid dienone is 6. The summed E-state index contributed by atoms with van der Waals surface area (Å²) in [5, 5.41) is 50.0. The van der Waals surface area contributed by atoms with Crippen molar-refractivity contribution in [3.05, 3.63) is 36.5 Å². The minimum atomic E-state index is -5.01. The molecule has 1 aliphatic carbocycles. The van der Waals surface area contributed by atoms with Gasteiger partial charge in [-0.3, -0.25) is 13.8 Å². The Labute approximate surface area is 319 Å². The molecule has 12 nitrogen and oxygen atoms in total. The normalized spacial score (nSPS) is 24.0. The Balaban J connectivity index is 2.47. The number of ether oxygens (including phenoxy) is 2. The van der Waals surface area contributed by atoms with E-state index in [9.17, 15) is 39.8 Å². The lowest BCUT2D eigenvalue weighted by Gasteiger charge is -2.41. The molecule has 0 radical (unpaired) electrons. The molecule has 0 aromatic rings. The number of aliphatic hydroxyl groups excluding tert-OH is 5. The summed E-state index contributed by atoms with van der Waals surface area (Å²) in [7, 11) is -5.01. The number of phosphoric acid groups is 1. The molecule has 1 rings (SSSR count). The first kappa shape index (κ1) is 49.6. The van der Waals surface area contributed by atoms with Gasteiger partial charge in [0.05, 0.1) is 13.2 Å². The van der Waals surface area contributed by atoms with Gasteiger partial charge < -0.3 is 39.9 Å². The van der Waals surface area contributed by atoms with E-state index in [4.69, 9.17) is 18.5 Å². The fraction of sp³-hybridized carbons (Fsp3) is 0.825. The Kier molecular flexibility index (Phi) is 29.7. The smallest absolute Gasteiger partial charge is 0.457 e. The van der Waals surface area contributed by atoms with Gasteiger partial charge in [0.25, 0.3) is 0 Å². The molecule has 6 unspecified atom stereocenters. The maximum Gasteiger partial charge on any atom is 0.472 e. The SMILES string of the molecule is CCC/C=C\C/C=C\CCCCCCCCOCC(COP(=O)(O)OC1C(O)C(O)C(O)C(O)C1O)OC(=O)CCCCCCC/C=C\CCCCC. The predicted molar refractivity (Wildman–Crippen MR) is 207 cm³/mol. The van der Waals surface area contributed by atoms with Crippen molar-refractivity contribution in [2.75, 3.05) is 19.8 Å². The molecule has 310 valence electrons. The average Bonchev–Trinajstić information content (AvgIpc) is 3.14. The number of carbonyl (C=O) groups excluding carboxylic acids is 1. The second-order valence-corrected chi connectivity index (χ2v) is 15.5. The topological polar surface area (TPSA) is 192 Å². The quantitative estimate of drug-likeness (QED) is 0.0171. The monoisotopic (exact) mass is 776 g/mol. The number of hydrogen-bond donors (Lipinski definition) is 6. The number of unbranched alkanes of at least 4 members (excludes halogenated alkanes) is 15. The van der Waals surface area contributed by atoms with Crippen LogP contribution < -0.4 is 0 Å². The fourth-order valence-corrected chi connectivity index (χ4v) is 6.89. The van der Waals surface area contributed by atoms with Gasteiger partial charge in [0.2, 0.25) is 0 Å². The molecule has 6 N–H and O–H groups in total. The third-order valence-electron chi connectivity index (χ3n) is 9.22. The Hall–Kier alpha value is -1.44. The first-order valence-corrected chi connectivity index (χ1v) is 21.8. The Morgan fingerprint density at radius 1 is 0.604 bits per heavy atom. The number of esters is 1. The molecule has 13 heteroatoms. The zero-order chi connectivity index (χ0) is 39.2. The fourth-order valence-electron chi connectivity index (χ4n) is 5.92. The van der Waals surface area contributed by atoms with E-state index < -0.39 is 63.1 Å². The molecule has 0 spiro atoms. The number of aliphatic hydroxyl groups is 5. The van der Waals surface area contributed by atoms with Gasteiger partial charge in [-0.2, -0.15) is 0 Å².